The molecule has 1 amide bonds. The van der Waals surface area contributed by atoms with Gasteiger partial charge in [0.2, 0.25) is 5.91 Å². The topological polar surface area (TPSA) is 49.4 Å². The van der Waals surface area contributed by atoms with Gasteiger partial charge in [-0.3, -0.25) is 14.5 Å². The first-order valence-electron chi connectivity index (χ1n) is 8.50. The summed E-state index contributed by atoms with van der Waals surface area (Å²) < 4.78 is 0. The zero-order valence-corrected chi connectivity index (χ0v) is 14.8. The Morgan fingerprint density at radius 3 is 2.58 bits per heavy atom. The molecule has 2 rings (SSSR count). The lowest BCUT2D eigenvalue weighted by Gasteiger charge is -2.34. The highest BCUT2D eigenvalue weighted by atomic mass is 16.2. The predicted molar refractivity (Wildman–Crippen MR) is 95.8 cm³/mol. The summed E-state index contributed by atoms with van der Waals surface area (Å²) in [5, 5.41) is 2.72. The van der Waals surface area contributed by atoms with Gasteiger partial charge in [0.15, 0.2) is 5.78 Å². The first kappa shape index (κ1) is 18.2. The standard InChI is InChI=1S/C20H26N2O2/c1-5-10-21-20(24)16(4)22-11-8-17(9-12-22)19(23)18-7-6-14(2)13-15(18)3/h1,6-7,13,16-17H,8-12H2,2-4H3,(H,21,24)/t16-/m1/s1. The molecule has 1 N–H and O–H groups in total. The van der Waals surface area contributed by atoms with Gasteiger partial charge in [-0.05, 0) is 52.3 Å². The molecule has 4 heteroatoms. The summed E-state index contributed by atoms with van der Waals surface area (Å²) in [6.07, 6.45) is 6.75. The second-order valence-corrected chi connectivity index (χ2v) is 6.59. The van der Waals surface area contributed by atoms with Gasteiger partial charge in [0.25, 0.3) is 0 Å². The number of nitrogens with one attached hydrogen (secondary N) is 1. The number of ketones is 1. The molecule has 4 nitrogen and oxygen atoms in total. The van der Waals surface area contributed by atoms with E-state index >= 15 is 0 Å². The SMILES string of the molecule is C#CCNC(=O)[C@@H](C)N1CCC(C(=O)c2ccc(C)cc2C)CC1. The van der Waals surface area contributed by atoms with Crippen LogP contribution in [0.15, 0.2) is 18.2 Å². The van der Waals surface area contributed by atoms with Crippen LogP contribution >= 0.6 is 0 Å². The monoisotopic (exact) mass is 326 g/mol. The predicted octanol–water partition coefficient (Wildman–Crippen LogP) is 2.34. The Hall–Kier alpha value is -2.12. The second-order valence-electron chi connectivity index (χ2n) is 6.59. The molecule has 1 fully saturated rings. The normalized spacial score (nSPS) is 17.1. The van der Waals surface area contributed by atoms with Crippen LogP contribution in [0.4, 0.5) is 0 Å². The number of benzene rings is 1. The number of nitrogens with zero attached hydrogens (tertiary/aromatic N) is 1. The van der Waals surface area contributed by atoms with Crippen molar-refractivity contribution in [3.63, 3.8) is 0 Å². The van der Waals surface area contributed by atoms with Crippen molar-refractivity contribution in [1.82, 2.24) is 10.2 Å². The van der Waals surface area contributed by atoms with Gasteiger partial charge in [-0.1, -0.05) is 29.7 Å². The van der Waals surface area contributed by atoms with Crippen LogP contribution in [-0.2, 0) is 4.79 Å². The molecule has 1 atom stereocenters. The number of likely N-dealkylation sites (tertiary alicyclic amines) is 1. The fourth-order valence-electron chi connectivity index (χ4n) is 3.31. The molecule has 128 valence electrons. The minimum atomic E-state index is -0.212. The lowest BCUT2D eigenvalue weighted by atomic mass is 9.86. The third kappa shape index (κ3) is 4.24. The van der Waals surface area contributed by atoms with Crippen molar-refractivity contribution in [2.45, 2.75) is 39.7 Å². The number of carbonyl (C=O) groups excluding carboxylic acids is 2. The van der Waals surface area contributed by atoms with E-state index in [0.717, 1.165) is 37.1 Å². The van der Waals surface area contributed by atoms with Crippen LogP contribution in [0.1, 0.15) is 41.3 Å². The number of carbonyl (C=O) groups is 2. The quantitative estimate of drug-likeness (QED) is 0.667. The highest BCUT2D eigenvalue weighted by molar-refractivity contribution is 5.99. The fourth-order valence-corrected chi connectivity index (χ4v) is 3.31. The Kier molecular flexibility index (Phi) is 6.16. The van der Waals surface area contributed by atoms with Crippen molar-refractivity contribution < 1.29 is 9.59 Å². The van der Waals surface area contributed by atoms with Gasteiger partial charge in [-0.25, -0.2) is 0 Å². The molecule has 0 aromatic heterocycles. The van der Waals surface area contributed by atoms with Crippen molar-refractivity contribution in [2.24, 2.45) is 5.92 Å². The van der Waals surface area contributed by atoms with Crippen LogP contribution in [0.3, 0.4) is 0 Å². The molecule has 1 aliphatic heterocycles. The number of piperidine rings is 1. The van der Waals surface area contributed by atoms with Crippen molar-refractivity contribution >= 4 is 11.7 Å². The highest BCUT2D eigenvalue weighted by Crippen LogP contribution is 2.24. The number of hydrogen-bond acceptors (Lipinski definition) is 3. The molecule has 0 radical (unpaired) electrons. The van der Waals surface area contributed by atoms with E-state index in [2.05, 4.69) is 22.2 Å². The zero-order chi connectivity index (χ0) is 17.7. The third-order valence-corrected chi connectivity index (χ3v) is 4.84. The van der Waals surface area contributed by atoms with Gasteiger partial charge >= 0.3 is 0 Å². The second kappa shape index (κ2) is 8.12. The summed E-state index contributed by atoms with van der Waals surface area (Å²) in [5.41, 5.74) is 3.05. The van der Waals surface area contributed by atoms with E-state index in [1.807, 2.05) is 32.9 Å². The van der Waals surface area contributed by atoms with Crippen LogP contribution in [0.2, 0.25) is 0 Å². The molecule has 0 spiro atoms. The van der Waals surface area contributed by atoms with E-state index in [4.69, 9.17) is 6.42 Å². The molecule has 0 aliphatic carbocycles. The molecule has 1 aliphatic rings. The molecule has 0 bridgehead atoms. The van der Waals surface area contributed by atoms with E-state index in [0.29, 0.717) is 0 Å². The number of rotatable bonds is 5. The van der Waals surface area contributed by atoms with Gasteiger partial charge in [0.05, 0.1) is 12.6 Å². The smallest absolute Gasteiger partial charge is 0.237 e. The van der Waals surface area contributed by atoms with Gasteiger partial charge < -0.3 is 5.32 Å². The molecular formula is C20H26N2O2. The number of aryl methyl sites for hydroxylation is 2. The molecule has 24 heavy (non-hydrogen) atoms. The van der Waals surface area contributed by atoms with Crippen molar-refractivity contribution in [2.75, 3.05) is 19.6 Å². The average molecular weight is 326 g/mol. The van der Waals surface area contributed by atoms with Gasteiger partial charge in [-0.15, -0.1) is 6.42 Å². The maximum atomic E-state index is 12.8. The van der Waals surface area contributed by atoms with E-state index in [1.54, 1.807) is 0 Å². The number of Topliss-reactive ketones (excluding diaryl/α,β-unsaturated/α-hetero) is 1. The number of terminal acetylenes is 1. The fraction of sp³-hybridized carbons (Fsp3) is 0.500. The summed E-state index contributed by atoms with van der Waals surface area (Å²) >= 11 is 0. The van der Waals surface area contributed by atoms with Gasteiger partial charge in [-0.2, -0.15) is 0 Å². The zero-order valence-electron chi connectivity index (χ0n) is 14.8. The molecule has 0 unspecified atom stereocenters. The van der Waals surface area contributed by atoms with Crippen LogP contribution in [0.5, 0.6) is 0 Å². The van der Waals surface area contributed by atoms with Crippen LogP contribution < -0.4 is 5.32 Å². The Morgan fingerprint density at radius 2 is 2.00 bits per heavy atom. The summed E-state index contributed by atoms with van der Waals surface area (Å²) in [6, 6.07) is 5.78. The molecular weight excluding hydrogens is 300 g/mol. The van der Waals surface area contributed by atoms with Crippen LogP contribution in [-0.4, -0.2) is 42.3 Å². The van der Waals surface area contributed by atoms with Gasteiger partial charge in [0.1, 0.15) is 0 Å². The Labute approximate surface area is 144 Å². The van der Waals surface area contributed by atoms with E-state index in [-0.39, 0.29) is 30.2 Å². The number of amides is 1. The van der Waals surface area contributed by atoms with Crippen LogP contribution in [0, 0.1) is 32.1 Å². The van der Waals surface area contributed by atoms with Gasteiger partial charge in [0, 0.05) is 11.5 Å². The largest absolute Gasteiger partial charge is 0.344 e. The lowest BCUT2D eigenvalue weighted by molar-refractivity contribution is -0.126. The number of hydrogen-bond donors (Lipinski definition) is 1. The highest BCUT2D eigenvalue weighted by Gasteiger charge is 2.30. The Bertz CT molecular complexity index is 652. The first-order valence-corrected chi connectivity index (χ1v) is 8.50. The van der Waals surface area contributed by atoms with E-state index in [1.165, 1.54) is 5.56 Å². The van der Waals surface area contributed by atoms with Crippen molar-refractivity contribution in [3.05, 3.63) is 34.9 Å². The molecule has 1 aromatic rings. The van der Waals surface area contributed by atoms with Crippen molar-refractivity contribution in [3.8, 4) is 12.3 Å². The maximum absolute atomic E-state index is 12.8. The molecule has 1 aromatic carbocycles. The minimum Gasteiger partial charge on any atom is -0.344 e. The lowest BCUT2D eigenvalue weighted by Crippen LogP contribution is -2.49. The van der Waals surface area contributed by atoms with E-state index < -0.39 is 0 Å². The average Bonchev–Trinajstić information content (AvgIpc) is 2.58. The summed E-state index contributed by atoms with van der Waals surface area (Å²) in [5.74, 6) is 2.64. The van der Waals surface area contributed by atoms with Crippen molar-refractivity contribution in [1.29, 1.82) is 0 Å². The third-order valence-electron chi connectivity index (χ3n) is 4.84. The summed E-state index contributed by atoms with van der Waals surface area (Å²) in [7, 11) is 0. The Morgan fingerprint density at radius 1 is 1.33 bits per heavy atom. The maximum Gasteiger partial charge on any atom is 0.237 e. The summed E-state index contributed by atoms with van der Waals surface area (Å²) in [4.78, 5) is 26.9. The van der Waals surface area contributed by atoms with E-state index in [9.17, 15) is 9.59 Å². The first-order chi connectivity index (χ1) is 11.4. The minimum absolute atomic E-state index is 0.0450. The molecule has 1 saturated heterocycles. The Balaban J connectivity index is 1.93. The van der Waals surface area contributed by atoms with Crippen LogP contribution in [0.25, 0.3) is 0 Å². The molecule has 1 heterocycles. The summed E-state index contributed by atoms with van der Waals surface area (Å²) in [6.45, 7) is 7.68. The molecule has 0 saturated carbocycles.